The number of nitrogens with zero attached hydrogens (tertiary/aromatic N) is 2. The SMILES string of the molecule is Cc1cc(Cl)ccc1N1C(=O)C(=Cc2csc(C3CC3)n2)NC1=S. The van der Waals surface area contributed by atoms with Crippen LogP contribution in [0.5, 0.6) is 0 Å². The summed E-state index contributed by atoms with van der Waals surface area (Å²) in [6.45, 7) is 1.90. The van der Waals surface area contributed by atoms with E-state index in [2.05, 4.69) is 10.3 Å². The van der Waals surface area contributed by atoms with Gasteiger partial charge < -0.3 is 5.32 Å². The van der Waals surface area contributed by atoms with Crippen molar-refractivity contribution in [1.82, 2.24) is 10.3 Å². The normalized spacial score (nSPS) is 19.2. The van der Waals surface area contributed by atoms with E-state index in [0.29, 0.717) is 21.8 Å². The maximum absolute atomic E-state index is 12.8. The standard InChI is InChI=1S/C17H14ClN3OS2/c1-9-6-11(18)4-5-14(9)21-16(22)13(20-17(21)23)7-12-8-24-15(19-12)10-2-3-10/h4-8,10H,2-3H2,1H3,(H,20,23). The molecule has 4 rings (SSSR count). The van der Waals surface area contributed by atoms with Crippen LogP contribution in [-0.4, -0.2) is 16.0 Å². The van der Waals surface area contributed by atoms with E-state index >= 15 is 0 Å². The van der Waals surface area contributed by atoms with Crippen molar-refractivity contribution in [3.05, 3.63) is 50.6 Å². The predicted molar refractivity (Wildman–Crippen MR) is 101 cm³/mol. The zero-order valence-electron chi connectivity index (χ0n) is 12.9. The summed E-state index contributed by atoms with van der Waals surface area (Å²) in [6.07, 6.45) is 4.20. The molecule has 0 unspecified atom stereocenters. The molecule has 1 aromatic heterocycles. The van der Waals surface area contributed by atoms with Gasteiger partial charge in [-0.05, 0) is 61.8 Å². The monoisotopic (exact) mass is 375 g/mol. The number of carbonyl (C=O) groups is 1. The minimum absolute atomic E-state index is 0.175. The van der Waals surface area contributed by atoms with Crippen LogP contribution in [0.2, 0.25) is 5.02 Å². The van der Waals surface area contributed by atoms with Gasteiger partial charge in [-0.25, -0.2) is 4.98 Å². The van der Waals surface area contributed by atoms with Crippen LogP contribution in [0.25, 0.3) is 6.08 Å². The highest BCUT2D eigenvalue weighted by Crippen LogP contribution is 2.41. The van der Waals surface area contributed by atoms with Crippen molar-refractivity contribution in [3.8, 4) is 0 Å². The number of nitrogens with one attached hydrogen (secondary N) is 1. The Morgan fingerprint density at radius 3 is 2.96 bits per heavy atom. The Bertz CT molecular complexity index is 886. The molecule has 7 heteroatoms. The highest BCUT2D eigenvalue weighted by atomic mass is 35.5. The highest BCUT2D eigenvalue weighted by molar-refractivity contribution is 7.80. The summed E-state index contributed by atoms with van der Waals surface area (Å²) in [7, 11) is 0. The Labute approximate surface area is 154 Å². The molecular formula is C17H14ClN3OS2. The molecule has 0 atom stereocenters. The zero-order chi connectivity index (χ0) is 16.8. The van der Waals surface area contributed by atoms with Crippen LogP contribution < -0.4 is 10.2 Å². The van der Waals surface area contributed by atoms with Gasteiger partial charge in [-0.3, -0.25) is 9.69 Å². The van der Waals surface area contributed by atoms with Crippen LogP contribution in [0.15, 0.2) is 29.3 Å². The molecule has 122 valence electrons. The van der Waals surface area contributed by atoms with Crippen molar-refractivity contribution < 1.29 is 4.79 Å². The number of thiazole rings is 1. The van der Waals surface area contributed by atoms with Crippen molar-refractivity contribution in [2.75, 3.05) is 4.90 Å². The first-order chi connectivity index (χ1) is 11.5. The molecule has 2 fully saturated rings. The van der Waals surface area contributed by atoms with Gasteiger partial charge in [-0.1, -0.05) is 11.6 Å². The predicted octanol–water partition coefficient (Wildman–Crippen LogP) is 4.24. The first-order valence-corrected chi connectivity index (χ1v) is 9.28. The first-order valence-electron chi connectivity index (χ1n) is 7.61. The summed E-state index contributed by atoms with van der Waals surface area (Å²) in [4.78, 5) is 18.9. The summed E-state index contributed by atoms with van der Waals surface area (Å²) in [6, 6.07) is 5.38. The maximum atomic E-state index is 12.8. The molecule has 1 amide bonds. The Morgan fingerprint density at radius 2 is 2.25 bits per heavy atom. The smallest absolute Gasteiger partial charge is 0.281 e. The molecule has 1 N–H and O–H groups in total. The largest absolute Gasteiger partial charge is 0.327 e. The second-order valence-corrected chi connectivity index (χ2v) is 7.66. The summed E-state index contributed by atoms with van der Waals surface area (Å²) in [5.74, 6) is 0.440. The molecule has 0 radical (unpaired) electrons. The first kappa shape index (κ1) is 15.7. The highest BCUT2D eigenvalue weighted by Gasteiger charge is 2.33. The number of hydrogen-bond acceptors (Lipinski definition) is 4. The fourth-order valence-electron chi connectivity index (χ4n) is 2.66. The third-order valence-electron chi connectivity index (χ3n) is 4.04. The number of aromatic nitrogens is 1. The summed E-state index contributed by atoms with van der Waals surface area (Å²) >= 11 is 13.0. The van der Waals surface area contributed by atoms with E-state index in [4.69, 9.17) is 23.8 Å². The number of anilines is 1. The van der Waals surface area contributed by atoms with Crippen molar-refractivity contribution in [2.45, 2.75) is 25.7 Å². The number of thiocarbonyl (C=S) groups is 1. The second kappa shape index (κ2) is 5.95. The van der Waals surface area contributed by atoms with Crippen LogP contribution >= 0.6 is 35.2 Å². The average molecular weight is 376 g/mol. The van der Waals surface area contributed by atoms with E-state index < -0.39 is 0 Å². The molecule has 1 aromatic carbocycles. The summed E-state index contributed by atoms with van der Waals surface area (Å²) in [5.41, 5.74) is 2.88. The number of carbonyl (C=O) groups excluding carboxylic acids is 1. The van der Waals surface area contributed by atoms with Crippen molar-refractivity contribution >= 4 is 57.9 Å². The van der Waals surface area contributed by atoms with Crippen molar-refractivity contribution in [1.29, 1.82) is 0 Å². The number of hydrogen-bond donors (Lipinski definition) is 1. The lowest BCUT2D eigenvalue weighted by Gasteiger charge is -2.16. The molecular weight excluding hydrogens is 362 g/mol. The Kier molecular flexibility index (Phi) is 3.90. The number of aryl methyl sites for hydroxylation is 1. The summed E-state index contributed by atoms with van der Waals surface area (Å²) < 4.78 is 0. The molecule has 4 nitrogen and oxygen atoms in total. The van der Waals surface area contributed by atoms with E-state index in [1.54, 1.807) is 29.5 Å². The lowest BCUT2D eigenvalue weighted by atomic mass is 10.2. The van der Waals surface area contributed by atoms with Gasteiger partial charge in [0.1, 0.15) is 5.70 Å². The van der Waals surface area contributed by atoms with Gasteiger partial charge in [0.05, 0.1) is 16.4 Å². The minimum Gasteiger partial charge on any atom is -0.327 e. The van der Waals surface area contributed by atoms with Gasteiger partial charge >= 0.3 is 0 Å². The third kappa shape index (κ3) is 2.85. The topological polar surface area (TPSA) is 45.2 Å². The fourth-order valence-corrected chi connectivity index (χ4v) is 4.12. The van der Waals surface area contributed by atoms with Crippen molar-refractivity contribution in [3.63, 3.8) is 0 Å². The Morgan fingerprint density at radius 1 is 1.46 bits per heavy atom. The lowest BCUT2D eigenvalue weighted by molar-refractivity contribution is -0.113. The molecule has 1 saturated carbocycles. The fraction of sp³-hybridized carbons (Fsp3) is 0.235. The molecule has 1 aliphatic carbocycles. The number of amides is 1. The van der Waals surface area contributed by atoms with Gasteiger partial charge in [0.2, 0.25) is 0 Å². The van der Waals surface area contributed by atoms with E-state index in [-0.39, 0.29) is 5.91 Å². The number of rotatable bonds is 3. The van der Waals surface area contributed by atoms with Crippen LogP contribution in [0.3, 0.4) is 0 Å². The quantitative estimate of drug-likeness (QED) is 0.643. The molecule has 2 aromatic rings. The van der Waals surface area contributed by atoms with Gasteiger partial charge in [-0.2, -0.15) is 0 Å². The Hall–Kier alpha value is -1.76. The third-order valence-corrected chi connectivity index (χ3v) is 5.58. The lowest BCUT2D eigenvalue weighted by Crippen LogP contribution is -2.30. The Balaban J connectivity index is 1.63. The van der Waals surface area contributed by atoms with Gasteiger partial charge in [0, 0.05) is 16.3 Å². The second-order valence-electron chi connectivity index (χ2n) is 5.94. The molecule has 2 heterocycles. The minimum atomic E-state index is -0.175. The summed E-state index contributed by atoms with van der Waals surface area (Å²) in [5, 5.41) is 7.13. The van der Waals surface area contributed by atoms with Crippen LogP contribution in [0.1, 0.15) is 35.0 Å². The molecule has 24 heavy (non-hydrogen) atoms. The molecule has 1 aliphatic heterocycles. The number of halogens is 1. The average Bonchev–Trinajstić information content (AvgIpc) is 3.22. The van der Waals surface area contributed by atoms with Gasteiger partial charge in [0.15, 0.2) is 5.11 Å². The van der Waals surface area contributed by atoms with E-state index in [1.165, 1.54) is 17.7 Å². The molecule has 1 saturated heterocycles. The van der Waals surface area contributed by atoms with E-state index in [0.717, 1.165) is 22.0 Å². The van der Waals surface area contributed by atoms with Gasteiger partial charge in [0.25, 0.3) is 5.91 Å². The van der Waals surface area contributed by atoms with E-state index in [9.17, 15) is 4.79 Å². The molecule has 0 bridgehead atoms. The van der Waals surface area contributed by atoms with Crippen LogP contribution in [-0.2, 0) is 4.79 Å². The van der Waals surface area contributed by atoms with Crippen molar-refractivity contribution in [2.24, 2.45) is 0 Å². The van der Waals surface area contributed by atoms with E-state index in [1.807, 2.05) is 18.4 Å². The maximum Gasteiger partial charge on any atom is 0.281 e. The number of benzene rings is 1. The van der Waals surface area contributed by atoms with Crippen LogP contribution in [0, 0.1) is 6.92 Å². The molecule has 2 aliphatic rings. The van der Waals surface area contributed by atoms with Crippen LogP contribution in [0.4, 0.5) is 5.69 Å². The molecule has 0 spiro atoms. The zero-order valence-corrected chi connectivity index (χ0v) is 15.3. The van der Waals surface area contributed by atoms with Gasteiger partial charge in [-0.15, -0.1) is 11.3 Å².